The first kappa shape index (κ1) is 12.6. The molecule has 6 heteroatoms. The fourth-order valence-electron chi connectivity index (χ4n) is 1.36. The Morgan fingerprint density at radius 1 is 1.28 bits per heavy atom. The smallest absolute Gasteiger partial charge is 0.298 e. The summed E-state index contributed by atoms with van der Waals surface area (Å²) >= 11 is 1.22. The molecule has 2 N–H and O–H groups in total. The SMILES string of the molecule is COc1ccc(N)cc1Oc1nc(C(C)C)ns1. The Morgan fingerprint density at radius 3 is 2.67 bits per heavy atom. The van der Waals surface area contributed by atoms with Gasteiger partial charge in [0, 0.05) is 29.2 Å². The van der Waals surface area contributed by atoms with E-state index >= 15 is 0 Å². The number of nitrogens with two attached hydrogens (primary N) is 1. The number of anilines is 1. The molecule has 2 rings (SSSR count). The van der Waals surface area contributed by atoms with Crippen molar-refractivity contribution >= 4 is 17.2 Å². The third kappa shape index (κ3) is 2.70. The topological polar surface area (TPSA) is 70.3 Å². The van der Waals surface area contributed by atoms with E-state index in [1.165, 1.54) is 11.5 Å². The van der Waals surface area contributed by atoms with Gasteiger partial charge in [-0.25, -0.2) is 0 Å². The second-order valence-corrected chi connectivity index (χ2v) is 4.80. The maximum atomic E-state index is 5.72. The van der Waals surface area contributed by atoms with Crippen molar-refractivity contribution in [2.45, 2.75) is 19.8 Å². The molecular formula is C12H15N3O2S. The van der Waals surface area contributed by atoms with E-state index in [2.05, 4.69) is 9.36 Å². The normalized spacial score (nSPS) is 10.7. The lowest BCUT2D eigenvalue weighted by Crippen LogP contribution is -1.93. The zero-order valence-corrected chi connectivity index (χ0v) is 11.3. The number of methoxy groups -OCH3 is 1. The Kier molecular flexibility index (Phi) is 3.66. The summed E-state index contributed by atoms with van der Waals surface area (Å²) in [5.74, 6) is 2.22. The molecule has 5 nitrogen and oxygen atoms in total. The monoisotopic (exact) mass is 265 g/mol. The summed E-state index contributed by atoms with van der Waals surface area (Å²) in [6.07, 6.45) is 0. The molecule has 0 aliphatic rings. The fourth-order valence-corrected chi connectivity index (χ4v) is 2.05. The summed E-state index contributed by atoms with van der Waals surface area (Å²) in [7, 11) is 1.58. The Bertz CT molecular complexity index is 540. The molecule has 2 aromatic rings. The second-order valence-electron chi connectivity index (χ2n) is 4.09. The Balaban J connectivity index is 2.24. The van der Waals surface area contributed by atoms with Crippen LogP contribution in [-0.4, -0.2) is 16.5 Å². The first-order valence-corrected chi connectivity index (χ1v) is 6.32. The number of aromatic nitrogens is 2. The zero-order valence-electron chi connectivity index (χ0n) is 10.5. The summed E-state index contributed by atoms with van der Waals surface area (Å²) in [4.78, 5) is 4.30. The van der Waals surface area contributed by atoms with Gasteiger partial charge in [0.2, 0.25) is 0 Å². The molecular weight excluding hydrogens is 250 g/mol. The van der Waals surface area contributed by atoms with E-state index in [-0.39, 0.29) is 5.92 Å². The van der Waals surface area contributed by atoms with Gasteiger partial charge < -0.3 is 15.2 Å². The minimum absolute atomic E-state index is 0.279. The Hall–Kier alpha value is -1.82. The van der Waals surface area contributed by atoms with E-state index in [1.54, 1.807) is 25.3 Å². The van der Waals surface area contributed by atoms with Crippen molar-refractivity contribution in [2.75, 3.05) is 12.8 Å². The van der Waals surface area contributed by atoms with Gasteiger partial charge in [-0.3, -0.25) is 0 Å². The van der Waals surface area contributed by atoms with E-state index in [9.17, 15) is 0 Å². The molecule has 0 saturated heterocycles. The van der Waals surface area contributed by atoms with Crippen LogP contribution >= 0.6 is 11.5 Å². The largest absolute Gasteiger partial charge is 0.493 e. The standard InChI is InChI=1S/C12H15N3O2S/c1-7(2)11-14-12(18-15-11)17-10-6-8(13)4-5-9(10)16-3/h4-7H,13H2,1-3H3. The van der Waals surface area contributed by atoms with Gasteiger partial charge in [0.05, 0.1) is 7.11 Å². The molecule has 0 bridgehead atoms. The Labute approximate surface area is 110 Å². The van der Waals surface area contributed by atoms with Crippen molar-refractivity contribution in [2.24, 2.45) is 0 Å². The number of hydrogen-bond acceptors (Lipinski definition) is 6. The third-order valence-corrected chi connectivity index (χ3v) is 2.93. The number of hydrogen-bond donors (Lipinski definition) is 1. The lowest BCUT2D eigenvalue weighted by Gasteiger charge is -2.08. The van der Waals surface area contributed by atoms with Crippen LogP contribution in [0.4, 0.5) is 5.69 Å². The van der Waals surface area contributed by atoms with E-state index in [0.29, 0.717) is 22.4 Å². The highest BCUT2D eigenvalue weighted by atomic mass is 32.1. The molecule has 1 heterocycles. The first-order valence-electron chi connectivity index (χ1n) is 5.55. The molecule has 0 radical (unpaired) electrons. The predicted octanol–water partition coefficient (Wildman–Crippen LogP) is 3.04. The molecule has 18 heavy (non-hydrogen) atoms. The highest BCUT2D eigenvalue weighted by molar-refractivity contribution is 7.07. The highest BCUT2D eigenvalue weighted by Gasteiger charge is 2.12. The summed E-state index contributed by atoms with van der Waals surface area (Å²) in [5.41, 5.74) is 6.33. The minimum Gasteiger partial charge on any atom is -0.493 e. The van der Waals surface area contributed by atoms with Crippen molar-refractivity contribution in [1.29, 1.82) is 0 Å². The molecule has 0 spiro atoms. The lowest BCUT2D eigenvalue weighted by molar-refractivity contribution is 0.378. The summed E-state index contributed by atoms with van der Waals surface area (Å²) < 4.78 is 15.1. The summed E-state index contributed by atoms with van der Waals surface area (Å²) in [6.45, 7) is 4.07. The number of rotatable bonds is 4. The number of nitrogen functional groups attached to an aromatic ring is 1. The minimum atomic E-state index is 0.279. The van der Waals surface area contributed by atoms with Gasteiger partial charge in [0.25, 0.3) is 5.19 Å². The molecule has 0 saturated carbocycles. The lowest BCUT2D eigenvalue weighted by atomic mass is 10.2. The van der Waals surface area contributed by atoms with Gasteiger partial charge in [0.1, 0.15) is 5.82 Å². The molecule has 1 aromatic carbocycles. The maximum Gasteiger partial charge on any atom is 0.298 e. The first-order chi connectivity index (χ1) is 8.60. The van der Waals surface area contributed by atoms with Crippen molar-refractivity contribution in [3.8, 4) is 16.7 Å². The molecule has 0 atom stereocenters. The molecule has 0 unspecified atom stereocenters. The predicted molar refractivity (Wildman–Crippen MR) is 71.5 cm³/mol. The van der Waals surface area contributed by atoms with Crippen molar-refractivity contribution < 1.29 is 9.47 Å². The molecule has 96 valence electrons. The number of benzene rings is 1. The van der Waals surface area contributed by atoms with E-state index < -0.39 is 0 Å². The van der Waals surface area contributed by atoms with Gasteiger partial charge in [-0.05, 0) is 12.1 Å². The number of ether oxygens (including phenoxy) is 2. The van der Waals surface area contributed by atoms with Crippen molar-refractivity contribution in [1.82, 2.24) is 9.36 Å². The van der Waals surface area contributed by atoms with Crippen LogP contribution in [0.1, 0.15) is 25.6 Å². The Morgan fingerprint density at radius 2 is 2.06 bits per heavy atom. The van der Waals surface area contributed by atoms with Crippen LogP contribution in [-0.2, 0) is 0 Å². The van der Waals surface area contributed by atoms with Crippen LogP contribution in [0.25, 0.3) is 0 Å². The average molecular weight is 265 g/mol. The van der Waals surface area contributed by atoms with E-state index in [4.69, 9.17) is 15.2 Å². The van der Waals surface area contributed by atoms with E-state index in [1.807, 2.05) is 13.8 Å². The average Bonchev–Trinajstić information content (AvgIpc) is 2.78. The molecule has 0 amide bonds. The van der Waals surface area contributed by atoms with Gasteiger partial charge in [0.15, 0.2) is 11.5 Å². The summed E-state index contributed by atoms with van der Waals surface area (Å²) in [5, 5.41) is 0.489. The van der Waals surface area contributed by atoms with Crippen LogP contribution < -0.4 is 15.2 Å². The maximum absolute atomic E-state index is 5.72. The van der Waals surface area contributed by atoms with Gasteiger partial charge in [-0.2, -0.15) is 9.36 Å². The van der Waals surface area contributed by atoms with Gasteiger partial charge in [-0.15, -0.1) is 0 Å². The van der Waals surface area contributed by atoms with Crippen LogP contribution in [0.3, 0.4) is 0 Å². The fraction of sp³-hybridized carbons (Fsp3) is 0.333. The van der Waals surface area contributed by atoms with Gasteiger partial charge in [-0.1, -0.05) is 13.8 Å². The highest BCUT2D eigenvalue weighted by Crippen LogP contribution is 2.34. The molecule has 0 aliphatic heterocycles. The zero-order chi connectivity index (χ0) is 13.1. The molecule has 0 aliphatic carbocycles. The van der Waals surface area contributed by atoms with Gasteiger partial charge >= 0.3 is 0 Å². The number of nitrogens with zero attached hydrogens (tertiary/aromatic N) is 2. The summed E-state index contributed by atoms with van der Waals surface area (Å²) in [6, 6.07) is 5.22. The van der Waals surface area contributed by atoms with Crippen molar-refractivity contribution in [3.05, 3.63) is 24.0 Å². The quantitative estimate of drug-likeness (QED) is 0.860. The second kappa shape index (κ2) is 5.22. The van der Waals surface area contributed by atoms with Crippen molar-refractivity contribution in [3.63, 3.8) is 0 Å². The van der Waals surface area contributed by atoms with Crippen LogP contribution in [0.2, 0.25) is 0 Å². The van der Waals surface area contributed by atoms with Crippen LogP contribution in [0, 0.1) is 0 Å². The third-order valence-electron chi connectivity index (χ3n) is 2.32. The molecule has 0 fully saturated rings. The van der Waals surface area contributed by atoms with Crippen LogP contribution in [0.15, 0.2) is 18.2 Å². The molecule has 1 aromatic heterocycles. The van der Waals surface area contributed by atoms with Crippen LogP contribution in [0.5, 0.6) is 16.7 Å². The van der Waals surface area contributed by atoms with E-state index in [0.717, 1.165) is 5.82 Å².